The molecule has 0 radical (unpaired) electrons. The van der Waals surface area contributed by atoms with Crippen molar-refractivity contribution in [3.63, 3.8) is 0 Å². The smallest absolute Gasteiger partial charge is 0.406 e. The fourth-order valence-electron chi connectivity index (χ4n) is 1.31. The molecule has 0 saturated heterocycles. The van der Waals surface area contributed by atoms with Crippen LogP contribution in [0.4, 0.5) is 24.9 Å². The summed E-state index contributed by atoms with van der Waals surface area (Å²) in [7, 11) is 0. The molecule has 0 bridgehead atoms. The van der Waals surface area contributed by atoms with E-state index >= 15 is 0 Å². The number of hydrogen-bond donors (Lipinski definition) is 1. The zero-order valence-corrected chi connectivity index (χ0v) is 10.5. The van der Waals surface area contributed by atoms with Crippen molar-refractivity contribution in [1.29, 1.82) is 0 Å². The third-order valence-corrected chi connectivity index (χ3v) is 2.43. The van der Waals surface area contributed by atoms with Crippen LogP contribution in [0.1, 0.15) is 23.8 Å². The maximum atomic E-state index is 12.4. The van der Waals surface area contributed by atoms with Crippen molar-refractivity contribution in [3.05, 3.63) is 35.7 Å². The second kappa shape index (κ2) is 5.08. The third-order valence-electron chi connectivity index (χ3n) is 2.24. The molecule has 1 heterocycles. The number of nitrogens with one attached hydrogen (secondary N) is 1. The van der Waals surface area contributed by atoms with Crippen LogP contribution in [-0.2, 0) is 6.18 Å². The van der Waals surface area contributed by atoms with Crippen LogP contribution in [0.3, 0.4) is 0 Å². The molecule has 0 aliphatic heterocycles. The lowest BCUT2D eigenvalue weighted by molar-refractivity contribution is -0.137. The molecule has 0 spiro atoms. The highest BCUT2D eigenvalue weighted by atomic mass is 35.5. The first kappa shape index (κ1) is 13.7. The molecule has 0 aliphatic carbocycles. The van der Waals surface area contributed by atoms with Gasteiger partial charge in [-0.2, -0.15) is 13.2 Å². The molecule has 4 nitrogen and oxygen atoms in total. The molecule has 0 aliphatic rings. The minimum atomic E-state index is -4.36. The maximum absolute atomic E-state index is 12.4. The Morgan fingerprint density at radius 3 is 2.32 bits per heavy atom. The first-order valence-electron chi connectivity index (χ1n) is 5.28. The van der Waals surface area contributed by atoms with Crippen LogP contribution in [-0.4, -0.2) is 10.2 Å². The summed E-state index contributed by atoms with van der Waals surface area (Å²) in [6.45, 7) is 1.66. The first-order chi connectivity index (χ1) is 8.86. The van der Waals surface area contributed by atoms with Gasteiger partial charge >= 0.3 is 12.2 Å². The van der Waals surface area contributed by atoms with Crippen LogP contribution in [0, 0.1) is 0 Å². The van der Waals surface area contributed by atoms with Crippen LogP contribution < -0.4 is 5.32 Å². The second-order valence-corrected chi connectivity index (χ2v) is 4.42. The molecule has 1 aromatic carbocycles. The average molecular weight is 292 g/mol. The van der Waals surface area contributed by atoms with Crippen LogP contribution >= 0.6 is 11.6 Å². The van der Waals surface area contributed by atoms with E-state index < -0.39 is 17.1 Å². The van der Waals surface area contributed by atoms with E-state index in [1.165, 1.54) is 12.1 Å². The molecule has 0 saturated carbocycles. The van der Waals surface area contributed by atoms with Crippen molar-refractivity contribution in [1.82, 2.24) is 10.2 Å². The van der Waals surface area contributed by atoms with Gasteiger partial charge in [0.15, 0.2) is 0 Å². The molecule has 19 heavy (non-hydrogen) atoms. The summed E-state index contributed by atoms with van der Waals surface area (Å²) in [4.78, 5) is 0. The molecular weight excluding hydrogens is 283 g/mol. The van der Waals surface area contributed by atoms with Gasteiger partial charge in [-0.3, -0.25) is 0 Å². The first-order valence-corrected chi connectivity index (χ1v) is 5.71. The topological polar surface area (TPSA) is 51.0 Å². The van der Waals surface area contributed by atoms with Gasteiger partial charge in [-0.25, -0.2) is 0 Å². The summed E-state index contributed by atoms with van der Waals surface area (Å²) in [6, 6.07) is 4.54. The van der Waals surface area contributed by atoms with Crippen molar-refractivity contribution < 1.29 is 17.6 Å². The zero-order valence-electron chi connectivity index (χ0n) is 9.70. The quantitative estimate of drug-likeness (QED) is 0.864. The van der Waals surface area contributed by atoms with Crippen LogP contribution in [0.2, 0.25) is 0 Å². The van der Waals surface area contributed by atoms with Crippen molar-refractivity contribution in [2.75, 3.05) is 5.32 Å². The van der Waals surface area contributed by atoms with Gasteiger partial charge in [0.1, 0.15) is 5.38 Å². The number of aromatic nitrogens is 2. The van der Waals surface area contributed by atoms with E-state index in [1.54, 1.807) is 6.92 Å². The van der Waals surface area contributed by atoms with Crippen LogP contribution in [0.5, 0.6) is 0 Å². The number of nitrogens with zero attached hydrogens (tertiary/aromatic N) is 2. The third kappa shape index (κ3) is 3.37. The number of hydrogen-bond acceptors (Lipinski definition) is 4. The van der Waals surface area contributed by atoms with Gasteiger partial charge < -0.3 is 9.73 Å². The van der Waals surface area contributed by atoms with E-state index in [-0.39, 0.29) is 11.9 Å². The number of anilines is 2. The van der Waals surface area contributed by atoms with E-state index in [0.29, 0.717) is 5.69 Å². The molecule has 1 N–H and O–H groups in total. The monoisotopic (exact) mass is 291 g/mol. The Morgan fingerprint density at radius 1 is 1.21 bits per heavy atom. The molecule has 2 aromatic rings. The lowest BCUT2D eigenvalue weighted by Gasteiger charge is -2.07. The highest BCUT2D eigenvalue weighted by Crippen LogP contribution is 2.30. The highest BCUT2D eigenvalue weighted by Gasteiger charge is 2.29. The Labute approximate surface area is 111 Å². The van der Waals surface area contributed by atoms with Crippen molar-refractivity contribution in [2.45, 2.75) is 18.5 Å². The van der Waals surface area contributed by atoms with E-state index in [1.807, 2.05) is 0 Å². The summed E-state index contributed by atoms with van der Waals surface area (Å²) >= 11 is 5.74. The molecule has 2 rings (SSSR count). The normalized spacial score (nSPS) is 13.3. The van der Waals surface area contributed by atoms with Crippen LogP contribution in [0.15, 0.2) is 28.7 Å². The second-order valence-electron chi connectivity index (χ2n) is 3.76. The van der Waals surface area contributed by atoms with Gasteiger partial charge in [-0.1, -0.05) is 5.10 Å². The molecule has 102 valence electrons. The summed E-state index contributed by atoms with van der Waals surface area (Å²) in [5, 5.41) is 9.60. The fourth-order valence-corrected chi connectivity index (χ4v) is 1.40. The molecule has 0 amide bonds. The fraction of sp³-hybridized carbons (Fsp3) is 0.273. The lowest BCUT2D eigenvalue weighted by atomic mass is 10.2. The highest BCUT2D eigenvalue weighted by molar-refractivity contribution is 6.20. The van der Waals surface area contributed by atoms with E-state index in [9.17, 15) is 13.2 Å². The summed E-state index contributed by atoms with van der Waals surface area (Å²) < 4.78 is 42.2. The maximum Gasteiger partial charge on any atom is 0.416 e. The van der Waals surface area contributed by atoms with Gasteiger partial charge in [-0.05, 0) is 31.2 Å². The predicted molar refractivity (Wildman–Crippen MR) is 63.3 cm³/mol. The number of halogens is 4. The lowest BCUT2D eigenvalue weighted by Crippen LogP contribution is -2.04. The minimum Gasteiger partial charge on any atom is -0.406 e. The van der Waals surface area contributed by atoms with Crippen molar-refractivity contribution in [2.24, 2.45) is 0 Å². The van der Waals surface area contributed by atoms with Crippen molar-refractivity contribution >= 4 is 23.3 Å². The Bertz CT molecular complexity index is 551. The molecule has 1 atom stereocenters. The van der Waals surface area contributed by atoms with Gasteiger partial charge in [0.2, 0.25) is 5.89 Å². The van der Waals surface area contributed by atoms with Gasteiger partial charge in [0.25, 0.3) is 0 Å². The average Bonchev–Trinajstić information content (AvgIpc) is 2.77. The van der Waals surface area contributed by atoms with E-state index in [2.05, 4.69) is 15.5 Å². The van der Waals surface area contributed by atoms with Gasteiger partial charge in [0, 0.05) is 5.69 Å². The Balaban J connectivity index is 2.11. The predicted octanol–water partition coefficient (Wildman–Crippen LogP) is 4.13. The minimum absolute atomic E-state index is 0.0715. The molecule has 0 fully saturated rings. The molecular formula is C11H9ClF3N3O. The van der Waals surface area contributed by atoms with Crippen molar-refractivity contribution in [3.8, 4) is 0 Å². The summed E-state index contributed by atoms with van der Waals surface area (Å²) in [5.41, 5.74) is -0.316. The van der Waals surface area contributed by atoms with Gasteiger partial charge in [0.05, 0.1) is 5.56 Å². The number of rotatable bonds is 3. The van der Waals surface area contributed by atoms with Crippen LogP contribution in [0.25, 0.3) is 0 Å². The van der Waals surface area contributed by atoms with E-state index in [4.69, 9.17) is 16.0 Å². The summed E-state index contributed by atoms with van der Waals surface area (Å²) in [6.07, 6.45) is -4.36. The molecule has 1 aromatic heterocycles. The number of alkyl halides is 4. The Kier molecular flexibility index (Phi) is 3.66. The summed E-state index contributed by atoms with van der Waals surface area (Å²) in [5.74, 6) is 0.232. The zero-order chi connectivity index (χ0) is 14.0. The number of benzene rings is 1. The molecule has 1 unspecified atom stereocenters. The Hall–Kier alpha value is -1.76. The largest absolute Gasteiger partial charge is 0.416 e. The van der Waals surface area contributed by atoms with Gasteiger partial charge in [-0.15, -0.1) is 16.7 Å². The SMILES string of the molecule is CC(Cl)c1nnc(Nc2ccc(C(F)(F)F)cc2)o1. The standard InChI is InChI=1S/C11H9ClF3N3O/c1-6(12)9-17-18-10(19-9)16-8-4-2-7(3-5-8)11(13,14)15/h2-6H,1H3,(H,16,18). The Morgan fingerprint density at radius 2 is 1.84 bits per heavy atom. The van der Waals surface area contributed by atoms with E-state index in [0.717, 1.165) is 12.1 Å². The molecule has 8 heteroatoms.